The number of nitrogens with one attached hydrogen (secondary N) is 1. The van der Waals surface area contributed by atoms with Gasteiger partial charge in [-0.15, -0.1) is 0 Å². The molecule has 1 aliphatic carbocycles. The van der Waals surface area contributed by atoms with Crippen LogP contribution in [0.3, 0.4) is 0 Å². The van der Waals surface area contributed by atoms with Gasteiger partial charge < -0.3 is 16.8 Å². The van der Waals surface area contributed by atoms with Crippen molar-refractivity contribution >= 4 is 41.1 Å². The van der Waals surface area contributed by atoms with Gasteiger partial charge in [0.1, 0.15) is 5.15 Å². The Bertz CT molecular complexity index is 1590. The van der Waals surface area contributed by atoms with Crippen molar-refractivity contribution in [2.24, 2.45) is 11.5 Å². The minimum absolute atomic E-state index is 0.110. The van der Waals surface area contributed by atoms with Crippen molar-refractivity contribution in [2.45, 2.75) is 12.8 Å². The molecule has 9 nitrogen and oxygen atoms in total. The Balaban J connectivity index is 1.57. The summed E-state index contributed by atoms with van der Waals surface area (Å²) < 4.78 is 1.68. The highest BCUT2D eigenvalue weighted by atomic mass is 35.5. The molecule has 1 aliphatic rings. The van der Waals surface area contributed by atoms with E-state index in [1.165, 1.54) is 12.3 Å². The zero-order valence-corrected chi connectivity index (χ0v) is 20.2. The van der Waals surface area contributed by atoms with Gasteiger partial charge in [0.15, 0.2) is 5.69 Å². The number of rotatable bonds is 6. The van der Waals surface area contributed by atoms with Crippen LogP contribution in [-0.2, 0) is 17.6 Å². The number of hydrogen-bond acceptors (Lipinski definition) is 5. The normalized spacial score (nSPS) is 12.1. The van der Waals surface area contributed by atoms with Crippen LogP contribution >= 0.6 is 11.6 Å². The average Bonchev–Trinajstić information content (AvgIpc) is 3.28. The fourth-order valence-electron chi connectivity index (χ4n) is 4.36. The molecule has 0 unspecified atom stereocenters. The molecular weight excluding hydrogens is 492 g/mol. The van der Waals surface area contributed by atoms with E-state index in [9.17, 15) is 14.4 Å². The second-order valence-corrected chi connectivity index (χ2v) is 8.80. The number of aryl methyl sites for hydroxylation is 1. The third kappa shape index (κ3) is 4.72. The van der Waals surface area contributed by atoms with Crippen LogP contribution in [0.4, 0.5) is 5.69 Å². The summed E-state index contributed by atoms with van der Waals surface area (Å²) >= 11 is 6.08. The monoisotopic (exact) mass is 512 g/mol. The second kappa shape index (κ2) is 9.71. The summed E-state index contributed by atoms with van der Waals surface area (Å²) in [6.45, 7) is 0. The van der Waals surface area contributed by atoms with Gasteiger partial charge in [0.25, 0.3) is 11.8 Å². The van der Waals surface area contributed by atoms with Crippen molar-refractivity contribution in [2.75, 3.05) is 5.32 Å². The van der Waals surface area contributed by atoms with Gasteiger partial charge in [0.05, 0.1) is 16.9 Å². The molecule has 0 fully saturated rings. The number of hydrogen-bond donors (Lipinski definition) is 3. The molecule has 0 atom stereocenters. The summed E-state index contributed by atoms with van der Waals surface area (Å²) in [6, 6.07) is 16.1. The number of carbonyl (C=O) groups is 3. The molecule has 4 aromatic rings. The van der Waals surface area contributed by atoms with Crippen molar-refractivity contribution in [1.82, 2.24) is 14.8 Å². The molecule has 37 heavy (non-hydrogen) atoms. The van der Waals surface area contributed by atoms with Gasteiger partial charge >= 0.3 is 0 Å². The number of primary amides is 2. The molecule has 3 amide bonds. The first-order chi connectivity index (χ1) is 17.8. The van der Waals surface area contributed by atoms with Gasteiger partial charge in [-0.05, 0) is 66.4 Å². The molecule has 0 radical (unpaired) electrons. The zero-order chi connectivity index (χ0) is 26.1. The summed E-state index contributed by atoms with van der Waals surface area (Å²) in [7, 11) is 0. The smallest absolute Gasteiger partial charge is 0.269 e. The molecule has 2 aromatic carbocycles. The first-order valence-electron chi connectivity index (χ1n) is 11.4. The Kier molecular flexibility index (Phi) is 6.29. The van der Waals surface area contributed by atoms with Crippen molar-refractivity contribution in [1.29, 1.82) is 0 Å². The average molecular weight is 513 g/mol. The van der Waals surface area contributed by atoms with Gasteiger partial charge in [0.2, 0.25) is 5.91 Å². The van der Waals surface area contributed by atoms with E-state index in [2.05, 4.69) is 15.4 Å². The predicted molar refractivity (Wildman–Crippen MR) is 140 cm³/mol. The molecule has 0 aliphatic heterocycles. The van der Waals surface area contributed by atoms with E-state index in [0.717, 1.165) is 27.9 Å². The van der Waals surface area contributed by atoms with Gasteiger partial charge in [-0.2, -0.15) is 5.10 Å². The third-order valence-corrected chi connectivity index (χ3v) is 6.37. The lowest BCUT2D eigenvalue weighted by Gasteiger charge is -2.20. The molecule has 0 saturated heterocycles. The van der Waals surface area contributed by atoms with E-state index in [-0.39, 0.29) is 22.3 Å². The van der Waals surface area contributed by atoms with Crippen LogP contribution in [0.2, 0.25) is 5.15 Å². The molecule has 5 N–H and O–H groups in total. The highest BCUT2D eigenvalue weighted by Gasteiger charge is 2.28. The van der Waals surface area contributed by atoms with Gasteiger partial charge in [-0.3, -0.25) is 14.4 Å². The molecule has 0 saturated carbocycles. The Labute approximate surface area is 216 Å². The SMILES string of the molecule is NC(=O)/C=C/c1ccc(-n2nc(C(N)=O)c3c2-c2cc(NC(=O)c4cccnc4Cl)ccc2CC3)cc1. The standard InChI is InChI=1S/C27H21ClN6O3/c28-25-20(2-1-13-31-25)27(37)32-17-8-6-16-7-11-19-23(26(30)36)33-34(24(19)21(16)14-17)18-9-3-15(4-10-18)5-12-22(29)35/h1-6,8-10,12-14H,7,11H2,(H2,29,35)(H2,30,36)(H,32,37)/b12-5+. The summed E-state index contributed by atoms with van der Waals surface area (Å²) in [5.74, 6) is -1.54. The topological polar surface area (TPSA) is 146 Å². The second-order valence-electron chi connectivity index (χ2n) is 8.45. The van der Waals surface area contributed by atoms with E-state index in [4.69, 9.17) is 23.1 Å². The van der Waals surface area contributed by atoms with Crippen molar-refractivity contribution in [3.05, 3.63) is 100.0 Å². The fourth-order valence-corrected chi connectivity index (χ4v) is 4.56. The summed E-state index contributed by atoms with van der Waals surface area (Å²) in [4.78, 5) is 40.1. The largest absolute Gasteiger partial charge is 0.366 e. The zero-order valence-electron chi connectivity index (χ0n) is 19.4. The quantitative estimate of drug-likeness (QED) is 0.267. The Morgan fingerprint density at radius 1 is 1.03 bits per heavy atom. The molecule has 2 heterocycles. The van der Waals surface area contributed by atoms with E-state index in [1.807, 2.05) is 42.5 Å². The highest BCUT2D eigenvalue weighted by molar-refractivity contribution is 6.33. The lowest BCUT2D eigenvalue weighted by molar-refractivity contribution is -0.113. The fraction of sp³-hybridized carbons (Fsp3) is 0.0741. The van der Waals surface area contributed by atoms with Crippen molar-refractivity contribution in [3.8, 4) is 16.9 Å². The molecule has 5 rings (SSSR count). The number of benzene rings is 2. The van der Waals surface area contributed by atoms with Crippen LogP contribution in [0.5, 0.6) is 0 Å². The van der Waals surface area contributed by atoms with Crippen LogP contribution in [0, 0.1) is 0 Å². The van der Waals surface area contributed by atoms with E-state index in [0.29, 0.717) is 24.2 Å². The van der Waals surface area contributed by atoms with Crippen LogP contribution in [0.15, 0.2) is 66.9 Å². The number of halogens is 1. The molecule has 2 aromatic heterocycles. The number of amides is 3. The maximum Gasteiger partial charge on any atom is 0.269 e. The summed E-state index contributed by atoms with van der Waals surface area (Å²) in [6.07, 6.45) is 5.68. The van der Waals surface area contributed by atoms with Crippen molar-refractivity contribution in [3.63, 3.8) is 0 Å². The third-order valence-electron chi connectivity index (χ3n) is 6.07. The summed E-state index contributed by atoms with van der Waals surface area (Å²) in [5, 5.41) is 7.53. The lowest BCUT2D eigenvalue weighted by atomic mass is 9.88. The summed E-state index contributed by atoms with van der Waals surface area (Å²) in [5.41, 5.74) is 16.7. The molecule has 0 spiro atoms. The predicted octanol–water partition coefficient (Wildman–Crippen LogP) is 3.54. The van der Waals surface area contributed by atoms with Crippen LogP contribution in [-0.4, -0.2) is 32.5 Å². The highest BCUT2D eigenvalue weighted by Crippen LogP contribution is 2.38. The van der Waals surface area contributed by atoms with Gasteiger partial charge in [-0.1, -0.05) is 29.8 Å². The molecular formula is C27H21ClN6O3. The Morgan fingerprint density at radius 3 is 2.51 bits per heavy atom. The first kappa shape index (κ1) is 24.0. The first-order valence-corrected chi connectivity index (χ1v) is 11.7. The molecule has 184 valence electrons. The Morgan fingerprint density at radius 2 is 1.81 bits per heavy atom. The van der Waals surface area contributed by atoms with Crippen LogP contribution in [0.1, 0.15) is 37.5 Å². The van der Waals surface area contributed by atoms with Crippen LogP contribution < -0.4 is 16.8 Å². The number of carbonyl (C=O) groups excluding carboxylic acids is 3. The number of nitrogens with zero attached hydrogens (tertiary/aromatic N) is 3. The minimum Gasteiger partial charge on any atom is -0.366 e. The lowest BCUT2D eigenvalue weighted by Crippen LogP contribution is -2.16. The maximum atomic E-state index is 12.8. The van der Waals surface area contributed by atoms with E-state index < -0.39 is 11.8 Å². The number of pyridine rings is 1. The van der Waals surface area contributed by atoms with Crippen LogP contribution in [0.25, 0.3) is 23.0 Å². The Hall–Kier alpha value is -4.76. The minimum atomic E-state index is -0.616. The number of fused-ring (bicyclic) bond motifs is 3. The molecule has 0 bridgehead atoms. The van der Waals surface area contributed by atoms with E-state index >= 15 is 0 Å². The number of aromatic nitrogens is 3. The van der Waals surface area contributed by atoms with Gasteiger partial charge in [-0.25, -0.2) is 9.67 Å². The number of nitrogens with two attached hydrogens (primary N) is 2. The van der Waals surface area contributed by atoms with Crippen molar-refractivity contribution < 1.29 is 14.4 Å². The van der Waals surface area contributed by atoms with E-state index in [1.54, 1.807) is 22.9 Å². The maximum absolute atomic E-state index is 12.8. The molecule has 10 heteroatoms. The van der Waals surface area contributed by atoms with Gasteiger partial charge in [0, 0.05) is 29.1 Å². The number of anilines is 1.